The molecule has 1 aliphatic rings. The zero-order chi connectivity index (χ0) is 20.0. The van der Waals surface area contributed by atoms with Gasteiger partial charge in [0.15, 0.2) is 5.43 Å². The monoisotopic (exact) mass is 446 g/mol. The Morgan fingerprint density at radius 3 is 2.52 bits per heavy atom. The number of fused-ring (bicyclic) bond motifs is 2. The molecule has 0 bridgehead atoms. The third-order valence-corrected chi connectivity index (χ3v) is 5.64. The second-order valence-electron chi connectivity index (χ2n) is 6.92. The summed E-state index contributed by atoms with van der Waals surface area (Å²) in [6.07, 6.45) is 3.33. The number of halogens is 1. The summed E-state index contributed by atoms with van der Waals surface area (Å²) in [6.45, 7) is 0.371. The number of carbonyl (C=O) groups excluding carboxylic acids is 1. The lowest BCUT2D eigenvalue weighted by molar-refractivity contribution is 0.0714. The minimum atomic E-state index is -0.527. The molecule has 1 unspecified atom stereocenters. The third-order valence-electron chi connectivity index (χ3n) is 5.15. The number of nitrogens with zero attached hydrogens (tertiary/aromatic N) is 2. The number of carbonyl (C=O) groups is 1. The van der Waals surface area contributed by atoms with E-state index in [4.69, 9.17) is 4.42 Å². The smallest absolute Gasteiger partial charge is 0.291 e. The van der Waals surface area contributed by atoms with Gasteiger partial charge in [0, 0.05) is 23.4 Å². The standard InChI is InChI=1S/C23H15BrN2O3/c24-16-6-7-18-17(12-16)21(27)19-20(15-8-10-25-11-9-15)26(23(28)22(19)29-18)13-14-4-2-1-3-5-14/h1-12,20H,13H2. The van der Waals surface area contributed by atoms with Crippen LogP contribution in [-0.4, -0.2) is 15.8 Å². The Morgan fingerprint density at radius 1 is 1.00 bits per heavy atom. The summed E-state index contributed by atoms with van der Waals surface area (Å²) in [6, 6.07) is 18.1. The van der Waals surface area contributed by atoms with Crippen molar-refractivity contribution < 1.29 is 9.21 Å². The third kappa shape index (κ3) is 2.96. The molecule has 2 aromatic heterocycles. The Balaban J connectivity index is 1.74. The van der Waals surface area contributed by atoms with Crippen molar-refractivity contribution in [2.75, 3.05) is 0 Å². The van der Waals surface area contributed by atoms with Gasteiger partial charge in [0.1, 0.15) is 5.58 Å². The predicted octanol–water partition coefficient (Wildman–Crippen LogP) is 4.70. The van der Waals surface area contributed by atoms with Crippen LogP contribution in [-0.2, 0) is 6.54 Å². The highest BCUT2D eigenvalue weighted by Crippen LogP contribution is 2.39. The number of amides is 1. The molecule has 1 amide bonds. The summed E-state index contributed by atoms with van der Waals surface area (Å²) >= 11 is 3.41. The van der Waals surface area contributed by atoms with Gasteiger partial charge in [-0.1, -0.05) is 46.3 Å². The molecule has 29 heavy (non-hydrogen) atoms. The first-order valence-electron chi connectivity index (χ1n) is 9.14. The molecule has 6 heteroatoms. The van der Waals surface area contributed by atoms with E-state index >= 15 is 0 Å². The van der Waals surface area contributed by atoms with Crippen LogP contribution in [0.25, 0.3) is 11.0 Å². The lowest BCUT2D eigenvalue weighted by Gasteiger charge is -2.25. The first-order valence-corrected chi connectivity index (χ1v) is 9.94. The van der Waals surface area contributed by atoms with Crippen LogP contribution in [0.1, 0.15) is 33.3 Å². The Hall–Kier alpha value is -3.25. The van der Waals surface area contributed by atoms with Gasteiger partial charge in [-0.3, -0.25) is 14.6 Å². The average Bonchev–Trinajstić information content (AvgIpc) is 3.02. The normalized spacial score (nSPS) is 15.7. The van der Waals surface area contributed by atoms with Gasteiger partial charge in [0.2, 0.25) is 5.76 Å². The molecule has 4 aromatic rings. The fourth-order valence-corrected chi connectivity index (χ4v) is 4.19. The quantitative estimate of drug-likeness (QED) is 0.457. The highest BCUT2D eigenvalue weighted by Gasteiger charge is 2.42. The van der Waals surface area contributed by atoms with E-state index < -0.39 is 6.04 Å². The second kappa shape index (κ2) is 6.97. The maximum absolute atomic E-state index is 13.4. The predicted molar refractivity (Wildman–Crippen MR) is 113 cm³/mol. The maximum Gasteiger partial charge on any atom is 0.291 e. The van der Waals surface area contributed by atoms with Crippen molar-refractivity contribution in [3.63, 3.8) is 0 Å². The second-order valence-corrected chi connectivity index (χ2v) is 7.83. The lowest BCUT2D eigenvalue weighted by atomic mass is 9.99. The van der Waals surface area contributed by atoms with Gasteiger partial charge in [0.25, 0.3) is 5.91 Å². The zero-order valence-electron chi connectivity index (χ0n) is 15.2. The lowest BCUT2D eigenvalue weighted by Crippen LogP contribution is -2.29. The minimum Gasteiger partial charge on any atom is -0.450 e. The fraction of sp³-hybridized carbons (Fsp3) is 0.0870. The van der Waals surface area contributed by atoms with E-state index in [1.165, 1.54) is 0 Å². The van der Waals surface area contributed by atoms with E-state index in [9.17, 15) is 9.59 Å². The first-order chi connectivity index (χ1) is 14.1. The van der Waals surface area contributed by atoms with Crippen molar-refractivity contribution >= 4 is 32.8 Å². The first kappa shape index (κ1) is 17.8. The van der Waals surface area contributed by atoms with Gasteiger partial charge in [-0.05, 0) is 41.5 Å². The summed E-state index contributed by atoms with van der Waals surface area (Å²) < 4.78 is 6.73. The molecule has 1 aliphatic heterocycles. The molecule has 142 valence electrons. The van der Waals surface area contributed by atoms with Crippen LogP contribution < -0.4 is 5.43 Å². The minimum absolute atomic E-state index is 0.113. The fourth-order valence-electron chi connectivity index (χ4n) is 3.83. The highest BCUT2D eigenvalue weighted by atomic mass is 79.9. The van der Waals surface area contributed by atoms with E-state index in [1.54, 1.807) is 35.5 Å². The molecule has 0 aliphatic carbocycles. The average molecular weight is 447 g/mol. The molecule has 0 fully saturated rings. The van der Waals surface area contributed by atoms with E-state index in [1.807, 2.05) is 42.5 Å². The van der Waals surface area contributed by atoms with Crippen molar-refractivity contribution in [2.24, 2.45) is 0 Å². The van der Waals surface area contributed by atoms with Gasteiger partial charge >= 0.3 is 0 Å². The van der Waals surface area contributed by atoms with Crippen LogP contribution in [0.15, 0.2) is 86.7 Å². The maximum atomic E-state index is 13.4. The van der Waals surface area contributed by atoms with Gasteiger partial charge in [-0.15, -0.1) is 0 Å². The Labute approximate surface area is 174 Å². The summed E-state index contributed by atoms with van der Waals surface area (Å²) in [5, 5.41) is 0.451. The number of benzene rings is 2. The molecule has 5 nitrogen and oxygen atoms in total. The molecule has 1 atom stereocenters. The van der Waals surface area contributed by atoms with Crippen LogP contribution in [0.2, 0.25) is 0 Å². The van der Waals surface area contributed by atoms with Crippen LogP contribution >= 0.6 is 15.9 Å². The number of pyridine rings is 1. The SMILES string of the molecule is O=C1c2oc3ccc(Br)cc3c(=O)c2C(c2ccncc2)N1Cc1ccccc1. The van der Waals surface area contributed by atoms with E-state index in [-0.39, 0.29) is 17.1 Å². The van der Waals surface area contributed by atoms with Crippen molar-refractivity contribution in [2.45, 2.75) is 12.6 Å². The highest BCUT2D eigenvalue weighted by molar-refractivity contribution is 9.10. The largest absolute Gasteiger partial charge is 0.450 e. The topological polar surface area (TPSA) is 63.4 Å². The van der Waals surface area contributed by atoms with Crippen molar-refractivity contribution in [3.8, 4) is 0 Å². The van der Waals surface area contributed by atoms with E-state index in [2.05, 4.69) is 20.9 Å². The molecule has 0 saturated heterocycles. The molecule has 0 spiro atoms. The molecule has 3 heterocycles. The van der Waals surface area contributed by atoms with Crippen LogP contribution in [0.3, 0.4) is 0 Å². The number of hydrogen-bond donors (Lipinski definition) is 0. The molecular formula is C23H15BrN2O3. The molecule has 0 radical (unpaired) electrons. The molecule has 2 aromatic carbocycles. The Bertz CT molecular complexity index is 1290. The number of hydrogen-bond acceptors (Lipinski definition) is 4. The molecule has 0 saturated carbocycles. The molecule has 0 N–H and O–H groups in total. The van der Waals surface area contributed by atoms with Crippen molar-refractivity contribution in [1.82, 2.24) is 9.88 Å². The van der Waals surface area contributed by atoms with Gasteiger partial charge in [-0.25, -0.2) is 0 Å². The molecular weight excluding hydrogens is 432 g/mol. The molecule has 5 rings (SSSR count). The van der Waals surface area contributed by atoms with E-state index in [0.717, 1.165) is 15.6 Å². The van der Waals surface area contributed by atoms with Crippen molar-refractivity contribution in [1.29, 1.82) is 0 Å². The number of rotatable bonds is 3. The summed E-state index contributed by atoms with van der Waals surface area (Å²) in [7, 11) is 0. The summed E-state index contributed by atoms with van der Waals surface area (Å²) in [5.74, 6) is -0.171. The van der Waals surface area contributed by atoms with Gasteiger partial charge in [-0.2, -0.15) is 0 Å². The van der Waals surface area contributed by atoms with Crippen molar-refractivity contribution in [3.05, 3.63) is 110 Å². The zero-order valence-corrected chi connectivity index (χ0v) is 16.8. The Kier molecular flexibility index (Phi) is 4.28. The van der Waals surface area contributed by atoms with Gasteiger partial charge < -0.3 is 9.32 Å². The van der Waals surface area contributed by atoms with Crippen LogP contribution in [0.5, 0.6) is 0 Å². The van der Waals surface area contributed by atoms with Gasteiger partial charge in [0.05, 0.1) is 17.0 Å². The van der Waals surface area contributed by atoms with E-state index in [0.29, 0.717) is 23.1 Å². The van der Waals surface area contributed by atoms with Crippen LogP contribution in [0.4, 0.5) is 0 Å². The Morgan fingerprint density at radius 2 is 1.76 bits per heavy atom. The summed E-state index contributed by atoms with van der Waals surface area (Å²) in [4.78, 5) is 32.5. The number of aromatic nitrogens is 1. The van der Waals surface area contributed by atoms with Crippen LogP contribution in [0, 0.1) is 0 Å². The summed E-state index contributed by atoms with van der Waals surface area (Å²) in [5.41, 5.74) is 2.40.